The Morgan fingerprint density at radius 1 is 1.33 bits per heavy atom. The van der Waals surface area contributed by atoms with E-state index in [0.717, 1.165) is 5.56 Å². The van der Waals surface area contributed by atoms with Crippen LogP contribution in [0.2, 0.25) is 0 Å². The zero-order valence-corrected chi connectivity index (χ0v) is 8.06. The lowest BCUT2D eigenvalue weighted by Crippen LogP contribution is -1.98. The molecule has 0 fully saturated rings. The molecule has 15 heavy (non-hydrogen) atoms. The monoisotopic (exact) mass is 199 g/mol. The Morgan fingerprint density at radius 3 is 2.60 bits per heavy atom. The van der Waals surface area contributed by atoms with Crippen LogP contribution in [0.3, 0.4) is 0 Å². The van der Waals surface area contributed by atoms with Crippen LogP contribution in [-0.2, 0) is 4.79 Å². The Bertz CT molecular complexity index is 469. The number of rotatable bonds is 3. The van der Waals surface area contributed by atoms with Crippen molar-refractivity contribution in [1.82, 2.24) is 0 Å². The molecule has 0 aliphatic carbocycles. The van der Waals surface area contributed by atoms with Crippen molar-refractivity contribution in [3.8, 4) is 0 Å². The van der Waals surface area contributed by atoms with Crippen molar-refractivity contribution >= 4 is 24.1 Å². The van der Waals surface area contributed by atoms with Gasteiger partial charge in [-0.1, -0.05) is 37.4 Å². The van der Waals surface area contributed by atoms with Crippen LogP contribution < -0.4 is 0 Å². The summed E-state index contributed by atoms with van der Waals surface area (Å²) >= 11 is 0. The second-order valence-corrected chi connectivity index (χ2v) is 2.76. The average Bonchev–Trinajstić information content (AvgIpc) is 2.28. The molecular formula is C12H9NO2. The van der Waals surface area contributed by atoms with Gasteiger partial charge in [0.15, 0.2) is 0 Å². The molecule has 0 radical (unpaired) electrons. The molecule has 0 aliphatic rings. The lowest BCUT2D eigenvalue weighted by atomic mass is 10.0. The summed E-state index contributed by atoms with van der Waals surface area (Å²) in [5.74, 6) is -0.622. The summed E-state index contributed by atoms with van der Waals surface area (Å²) < 4.78 is 0. The minimum atomic E-state index is -0.622. The number of aliphatic imine (C=N–C) groups is 1. The van der Waals surface area contributed by atoms with Gasteiger partial charge in [0, 0.05) is 0 Å². The number of carbonyl (C=O) groups excluding carboxylic acids is 2. The predicted octanol–water partition coefficient (Wildman–Crippen LogP) is 2.45. The molecule has 0 aromatic heterocycles. The van der Waals surface area contributed by atoms with Gasteiger partial charge in [0.05, 0.1) is 5.56 Å². The second kappa shape index (κ2) is 4.84. The zero-order chi connectivity index (χ0) is 11.3. The van der Waals surface area contributed by atoms with Crippen LogP contribution >= 0.6 is 0 Å². The number of nitrogens with zero attached hydrogens (tertiary/aromatic N) is 1. The van der Waals surface area contributed by atoms with E-state index in [-0.39, 0.29) is 0 Å². The first-order valence-electron chi connectivity index (χ1n) is 4.24. The summed E-state index contributed by atoms with van der Waals surface area (Å²) in [5, 5.41) is 0. The van der Waals surface area contributed by atoms with Crippen LogP contribution in [0.4, 0.5) is 0 Å². The van der Waals surface area contributed by atoms with Gasteiger partial charge in [0.2, 0.25) is 6.08 Å². The summed E-state index contributed by atoms with van der Waals surface area (Å²) in [6.45, 7) is 7.16. The van der Waals surface area contributed by atoms with Crippen LogP contribution in [0, 0.1) is 0 Å². The Balaban J connectivity index is 3.34. The highest BCUT2D eigenvalue weighted by molar-refractivity contribution is 6.00. The first-order chi connectivity index (χ1) is 7.22. The number of benzene rings is 1. The first-order valence-corrected chi connectivity index (χ1v) is 4.24. The number of hydrogen-bond acceptors (Lipinski definition) is 2. The lowest BCUT2D eigenvalue weighted by Gasteiger charge is -2.02. The number of amides is 1. The Kier molecular flexibility index (Phi) is 3.49. The van der Waals surface area contributed by atoms with Crippen molar-refractivity contribution in [3.63, 3.8) is 0 Å². The van der Waals surface area contributed by atoms with E-state index in [1.807, 2.05) is 0 Å². The van der Waals surface area contributed by atoms with Crippen LogP contribution in [-0.4, -0.2) is 12.0 Å². The molecule has 3 nitrogen and oxygen atoms in total. The number of isocyanates is 1. The van der Waals surface area contributed by atoms with Gasteiger partial charge >= 0.3 is 0 Å². The maximum Gasteiger partial charge on any atom is 0.288 e. The molecule has 0 spiro atoms. The summed E-state index contributed by atoms with van der Waals surface area (Å²) in [6, 6.07) is 5.12. The fourth-order valence-electron chi connectivity index (χ4n) is 1.17. The van der Waals surface area contributed by atoms with E-state index in [1.54, 1.807) is 24.3 Å². The number of carbonyl (C=O) groups is 1. The van der Waals surface area contributed by atoms with Crippen molar-refractivity contribution in [2.75, 3.05) is 0 Å². The molecule has 1 rings (SSSR count). The SMILES string of the molecule is C=Cc1ccc(C=C)c(C(=O)N=C=O)c1. The number of hydrogen-bond donors (Lipinski definition) is 0. The molecule has 1 aromatic rings. The van der Waals surface area contributed by atoms with E-state index in [1.165, 1.54) is 12.2 Å². The van der Waals surface area contributed by atoms with E-state index >= 15 is 0 Å². The summed E-state index contributed by atoms with van der Waals surface area (Å²) in [6.07, 6.45) is 4.35. The Morgan fingerprint density at radius 2 is 2.07 bits per heavy atom. The molecule has 1 aromatic carbocycles. The van der Waals surface area contributed by atoms with E-state index in [9.17, 15) is 9.59 Å². The third kappa shape index (κ3) is 2.36. The van der Waals surface area contributed by atoms with Crippen LogP contribution in [0.5, 0.6) is 0 Å². The molecule has 0 heterocycles. The fourth-order valence-corrected chi connectivity index (χ4v) is 1.17. The van der Waals surface area contributed by atoms with Crippen LogP contribution in [0.25, 0.3) is 12.2 Å². The lowest BCUT2D eigenvalue weighted by molar-refractivity contribution is 0.100. The molecule has 0 bridgehead atoms. The molecule has 0 saturated heterocycles. The molecule has 3 heteroatoms. The fraction of sp³-hybridized carbons (Fsp3) is 0. The summed E-state index contributed by atoms with van der Waals surface area (Å²) in [5.41, 5.74) is 1.74. The minimum Gasteiger partial charge on any atom is -0.266 e. The average molecular weight is 199 g/mol. The van der Waals surface area contributed by atoms with Gasteiger partial charge in [0.25, 0.3) is 5.91 Å². The molecule has 0 aliphatic heterocycles. The third-order valence-corrected chi connectivity index (χ3v) is 1.91. The van der Waals surface area contributed by atoms with E-state index in [2.05, 4.69) is 18.2 Å². The van der Waals surface area contributed by atoms with Crippen LogP contribution in [0.15, 0.2) is 36.3 Å². The molecular weight excluding hydrogens is 190 g/mol. The Labute approximate surface area is 87.5 Å². The Hall–Kier alpha value is -2.25. The van der Waals surface area contributed by atoms with Crippen molar-refractivity contribution in [1.29, 1.82) is 0 Å². The molecule has 0 unspecified atom stereocenters. The van der Waals surface area contributed by atoms with Crippen LogP contribution in [0.1, 0.15) is 21.5 Å². The predicted molar refractivity (Wildman–Crippen MR) is 59.1 cm³/mol. The smallest absolute Gasteiger partial charge is 0.266 e. The molecule has 0 N–H and O–H groups in total. The highest BCUT2D eigenvalue weighted by Crippen LogP contribution is 2.15. The third-order valence-electron chi connectivity index (χ3n) is 1.91. The van der Waals surface area contributed by atoms with Gasteiger partial charge in [-0.15, -0.1) is 4.99 Å². The molecule has 0 saturated carbocycles. The standard InChI is InChI=1S/C12H9NO2/c1-3-9-5-6-10(4-2)11(7-9)12(15)13-8-14/h3-7H,1-2H2. The minimum absolute atomic E-state index is 0.325. The van der Waals surface area contributed by atoms with Gasteiger partial charge in [0.1, 0.15) is 0 Å². The van der Waals surface area contributed by atoms with Crippen molar-refractivity contribution < 1.29 is 9.59 Å². The van der Waals surface area contributed by atoms with Gasteiger partial charge in [-0.05, 0) is 17.2 Å². The maximum atomic E-state index is 11.4. The highest BCUT2D eigenvalue weighted by Gasteiger charge is 2.08. The van der Waals surface area contributed by atoms with Gasteiger partial charge in [-0.2, -0.15) is 0 Å². The van der Waals surface area contributed by atoms with E-state index in [4.69, 9.17) is 0 Å². The normalized spacial score (nSPS) is 8.80. The highest BCUT2D eigenvalue weighted by atomic mass is 16.2. The van der Waals surface area contributed by atoms with E-state index in [0.29, 0.717) is 11.1 Å². The topological polar surface area (TPSA) is 46.5 Å². The summed E-state index contributed by atoms with van der Waals surface area (Å²) in [4.78, 5) is 24.4. The van der Waals surface area contributed by atoms with E-state index < -0.39 is 5.91 Å². The van der Waals surface area contributed by atoms with Gasteiger partial charge in [-0.25, -0.2) is 4.79 Å². The van der Waals surface area contributed by atoms with Gasteiger partial charge in [-0.3, -0.25) is 4.79 Å². The molecule has 0 atom stereocenters. The molecule has 74 valence electrons. The summed E-state index contributed by atoms with van der Waals surface area (Å²) in [7, 11) is 0. The van der Waals surface area contributed by atoms with Crippen molar-refractivity contribution in [3.05, 3.63) is 48.0 Å². The molecule has 1 amide bonds. The maximum absolute atomic E-state index is 11.4. The van der Waals surface area contributed by atoms with Gasteiger partial charge < -0.3 is 0 Å². The van der Waals surface area contributed by atoms with Crippen molar-refractivity contribution in [2.24, 2.45) is 4.99 Å². The van der Waals surface area contributed by atoms with Crippen molar-refractivity contribution in [2.45, 2.75) is 0 Å². The quantitative estimate of drug-likeness (QED) is 0.554. The first kappa shape index (κ1) is 10.8. The second-order valence-electron chi connectivity index (χ2n) is 2.76. The zero-order valence-electron chi connectivity index (χ0n) is 8.06. The largest absolute Gasteiger partial charge is 0.288 e.